The molecule has 2 rings (SSSR count). The molecular formula is C10H11BrClN3O2S. The van der Waals surface area contributed by atoms with Gasteiger partial charge in [0.25, 0.3) is 0 Å². The Morgan fingerprint density at radius 2 is 2.39 bits per heavy atom. The molecule has 0 aromatic carbocycles. The first-order valence-electron chi connectivity index (χ1n) is 5.13. The topological polar surface area (TPSA) is 60.2 Å². The highest BCUT2D eigenvalue weighted by Crippen LogP contribution is 2.32. The van der Waals surface area contributed by atoms with Gasteiger partial charge in [-0.3, -0.25) is 4.68 Å². The number of aliphatic hydroxyl groups excluding tert-OH is 1. The van der Waals surface area contributed by atoms with Crippen LogP contribution < -0.4 is 0 Å². The summed E-state index contributed by atoms with van der Waals surface area (Å²) in [5.41, 5.74) is 0.651. The van der Waals surface area contributed by atoms with Gasteiger partial charge in [-0.25, -0.2) is 4.98 Å². The molecule has 2 aromatic rings. The summed E-state index contributed by atoms with van der Waals surface area (Å²) in [6.45, 7) is 1.08. The fraction of sp³-hybridized carbons (Fsp3) is 0.400. The molecule has 2 aromatic heterocycles. The Morgan fingerprint density at radius 1 is 1.61 bits per heavy atom. The van der Waals surface area contributed by atoms with Gasteiger partial charge in [0.15, 0.2) is 0 Å². The Bertz CT molecular complexity index is 531. The maximum absolute atomic E-state index is 10.3. The number of rotatable bonds is 5. The van der Waals surface area contributed by atoms with Gasteiger partial charge < -0.3 is 9.84 Å². The molecule has 18 heavy (non-hydrogen) atoms. The predicted molar refractivity (Wildman–Crippen MR) is 73.0 cm³/mol. The van der Waals surface area contributed by atoms with Gasteiger partial charge in [-0.1, -0.05) is 11.6 Å². The second-order valence-corrected chi connectivity index (χ2v) is 6.05. The van der Waals surface area contributed by atoms with E-state index in [9.17, 15) is 5.11 Å². The van der Waals surface area contributed by atoms with Crippen LogP contribution in [-0.2, 0) is 11.3 Å². The van der Waals surface area contributed by atoms with Gasteiger partial charge in [-0.05, 0) is 15.9 Å². The van der Waals surface area contributed by atoms with Crippen molar-refractivity contribution in [2.75, 3.05) is 13.7 Å². The highest BCUT2D eigenvalue weighted by molar-refractivity contribution is 9.10. The van der Waals surface area contributed by atoms with Crippen LogP contribution >= 0.6 is 38.9 Å². The standard InChI is InChI=1S/C10H11BrClN3O2S/c1-17-3-2-15-8(6(11)4-14-15)9(16)10-13-5-7(12)18-10/h4-5,9,16H,2-3H2,1H3. The molecule has 0 radical (unpaired) electrons. The zero-order valence-electron chi connectivity index (χ0n) is 9.51. The summed E-state index contributed by atoms with van der Waals surface area (Å²) in [4.78, 5) is 4.08. The first kappa shape index (κ1) is 14.0. The molecule has 5 nitrogen and oxygen atoms in total. The smallest absolute Gasteiger partial charge is 0.148 e. The van der Waals surface area contributed by atoms with E-state index in [2.05, 4.69) is 26.0 Å². The number of hydrogen-bond acceptors (Lipinski definition) is 5. The molecule has 2 heterocycles. The molecule has 1 atom stereocenters. The summed E-state index contributed by atoms with van der Waals surface area (Å²) in [6.07, 6.45) is 2.31. The van der Waals surface area contributed by atoms with Crippen molar-refractivity contribution in [2.45, 2.75) is 12.6 Å². The van der Waals surface area contributed by atoms with Crippen LogP contribution in [-0.4, -0.2) is 33.6 Å². The number of nitrogens with zero attached hydrogens (tertiary/aromatic N) is 3. The average Bonchev–Trinajstić information content (AvgIpc) is 2.92. The molecule has 0 saturated heterocycles. The first-order chi connectivity index (χ1) is 8.63. The van der Waals surface area contributed by atoms with Gasteiger partial charge in [-0.2, -0.15) is 5.10 Å². The summed E-state index contributed by atoms with van der Waals surface area (Å²) in [6, 6.07) is 0. The quantitative estimate of drug-likeness (QED) is 0.898. The van der Waals surface area contributed by atoms with Gasteiger partial charge in [-0.15, -0.1) is 11.3 Å². The minimum atomic E-state index is -0.851. The molecule has 0 aliphatic heterocycles. The van der Waals surface area contributed by atoms with E-state index in [0.29, 0.717) is 28.2 Å². The van der Waals surface area contributed by atoms with Crippen molar-refractivity contribution in [1.82, 2.24) is 14.8 Å². The Labute approximate surface area is 121 Å². The Hall–Kier alpha value is -0.470. The maximum atomic E-state index is 10.3. The van der Waals surface area contributed by atoms with Gasteiger partial charge in [0.2, 0.25) is 0 Å². The van der Waals surface area contributed by atoms with Crippen LogP contribution in [0.2, 0.25) is 4.34 Å². The Balaban J connectivity index is 2.28. The van der Waals surface area contributed by atoms with E-state index in [1.165, 1.54) is 17.5 Å². The van der Waals surface area contributed by atoms with E-state index < -0.39 is 6.10 Å². The first-order valence-corrected chi connectivity index (χ1v) is 7.11. The fourth-order valence-corrected chi connectivity index (χ4v) is 2.94. The summed E-state index contributed by atoms with van der Waals surface area (Å²) < 4.78 is 7.97. The highest BCUT2D eigenvalue weighted by Gasteiger charge is 2.22. The SMILES string of the molecule is COCCn1ncc(Br)c1C(O)c1ncc(Cl)s1. The van der Waals surface area contributed by atoms with Crippen LogP contribution in [0.1, 0.15) is 16.8 Å². The number of thiazole rings is 1. The second kappa shape index (κ2) is 6.12. The molecule has 0 aliphatic carbocycles. The molecule has 0 aliphatic rings. The molecule has 1 unspecified atom stereocenters. The van der Waals surface area contributed by atoms with Crippen LogP contribution in [0.4, 0.5) is 0 Å². The fourth-order valence-electron chi connectivity index (χ4n) is 1.51. The highest BCUT2D eigenvalue weighted by atomic mass is 79.9. The number of ether oxygens (including phenoxy) is 1. The summed E-state index contributed by atoms with van der Waals surface area (Å²) in [7, 11) is 1.62. The molecule has 0 saturated carbocycles. The van der Waals surface area contributed by atoms with E-state index in [1.54, 1.807) is 18.0 Å². The van der Waals surface area contributed by atoms with Crippen molar-refractivity contribution in [3.63, 3.8) is 0 Å². The van der Waals surface area contributed by atoms with E-state index in [-0.39, 0.29) is 0 Å². The second-order valence-electron chi connectivity index (χ2n) is 3.50. The maximum Gasteiger partial charge on any atom is 0.148 e. The van der Waals surface area contributed by atoms with Crippen molar-refractivity contribution in [3.05, 3.63) is 31.9 Å². The predicted octanol–water partition coefficient (Wildman–Crippen LogP) is 2.48. The van der Waals surface area contributed by atoms with Crippen molar-refractivity contribution < 1.29 is 9.84 Å². The molecule has 0 amide bonds. The summed E-state index contributed by atoms with van der Waals surface area (Å²) in [5.74, 6) is 0. The number of aromatic nitrogens is 3. The summed E-state index contributed by atoms with van der Waals surface area (Å²) in [5, 5.41) is 15.0. The molecule has 0 spiro atoms. The lowest BCUT2D eigenvalue weighted by molar-refractivity contribution is 0.171. The third kappa shape index (κ3) is 2.92. The van der Waals surface area contributed by atoms with Crippen LogP contribution in [0.3, 0.4) is 0 Å². The van der Waals surface area contributed by atoms with Crippen molar-refractivity contribution >= 4 is 38.9 Å². The lowest BCUT2D eigenvalue weighted by Crippen LogP contribution is -2.13. The Kier molecular flexibility index (Phi) is 4.74. The molecule has 0 fully saturated rings. The van der Waals surface area contributed by atoms with E-state index in [0.717, 1.165) is 4.47 Å². The lowest BCUT2D eigenvalue weighted by Gasteiger charge is -2.11. The monoisotopic (exact) mass is 351 g/mol. The number of halogens is 2. The van der Waals surface area contributed by atoms with Gasteiger partial charge in [0.05, 0.1) is 35.7 Å². The summed E-state index contributed by atoms with van der Waals surface area (Å²) >= 11 is 10.4. The van der Waals surface area contributed by atoms with E-state index in [1.807, 2.05) is 0 Å². The lowest BCUT2D eigenvalue weighted by atomic mass is 10.2. The molecular weight excluding hydrogens is 342 g/mol. The van der Waals surface area contributed by atoms with Gasteiger partial charge in [0, 0.05) is 7.11 Å². The number of hydrogen-bond donors (Lipinski definition) is 1. The molecule has 0 bridgehead atoms. The zero-order chi connectivity index (χ0) is 13.1. The minimum absolute atomic E-state index is 0.520. The van der Waals surface area contributed by atoms with Crippen LogP contribution in [0.15, 0.2) is 16.9 Å². The van der Waals surface area contributed by atoms with Gasteiger partial charge >= 0.3 is 0 Å². The normalized spacial score (nSPS) is 12.9. The number of aliphatic hydroxyl groups is 1. The van der Waals surface area contributed by atoms with E-state index in [4.69, 9.17) is 16.3 Å². The average molecular weight is 353 g/mol. The van der Waals surface area contributed by atoms with Crippen molar-refractivity contribution in [3.8, 4) is 0 Å². The third-order valence-electron chi connectivity index (χ3n) is 2.33. The van der Waals surface area contributed by atoms with Crippen LogP contribution in [0, 0.1) is 0 Å². The van der Waals surface area contributed by atoms with Gasteiger partial charge in [0.1, 0.15) is 15.4 Å². The van der Waals surface area contributed by atoms with Crippen molar-refractivity contribution in [2.24, 2.45) is 0 Å². The zero-order valence-corrected chi connectivity index (χ0v) is 12.7. The molecule has 1 N–H and O–H groups in total. The van der Waals surface area contributed by atoms with Crippen LogP contribution in [0.5, 0.6) is 0 Å². The molecule has 8 heteroatoms. The largest absolute Gasteiger partial charge is 0.383 e. The number of methoxy groups -OCH3 is 1. The van der Waals surface area contributed by atoms with E-state index >= 15 is 0 Å². The minimum Gasteiger partial charge on any atom is -0.383 e. The van der Waals surface area contributed by atoms with Crippen LogP contribution in [0.25, 0.3) is 0 Å². The molecule has 98 valence electrons. The van der Waals surface area contributed by atoms with Crippen molar-refractivity contribution in [1.29, 1.82) is 0 Å². The third-order valence-corrected chi connectivity index (χ3v) is 4.11. The Morgan fingerprint density at radius 3 is 3.00 bits per heavy atom.